The molecule has 9 nitrogen and oxygen atoms in total. The van der Waals surface area contributed by atoms with Crippen molar-refractivity contribution in [3.63, 3.8) is 0 Å². The quantitative estimate of drug-likeness (QED) is 0.478. The summed E-state index contributed by atoms with van der Waals surface area (Å²) < 4.78 is 6.62. The van der Waals surface area contributed by atoms with E-state index in [1.165, 1.54) is 17.2 Å². The van der Waals surface area contributed by atoms with Crippen molar-refractivity contribution in [2.24, 2.45) is 5.73 Å². The predicted octanol–water partition coefficient (Wildman–Crippen LogP) is -2.23. The Kier molecular flexibility index (Phi) is 2.64. The van der Waals surface area contributed by atoms with Crippen molar-refractivity contribution in [1.82, 2.24) is 19.5 Å². The molecule has 2 aromatic rings. The summed E-state index contributed by atoms with van der Waals surface area (Å²) in [5.41, 5.74) is 10.2. The number of imidazole rings is 1. The zero-order valence-corrected chi connectivity index (χ0v) is 9.97. The van der Waals surface area contributed by atoms with Crippen LogP contribution in [0.15, 0.2) is 12.7 Å². The molecule has 9 heteroatoms. The van der Waals surface area contributed by atoms with Gasteiger partial charge in [-0.15, -0.1) is 0 Å². The van der Waals surface area contributed by atoms with Gasteiger partial charge in [-0.25, -0.2) is 15.0 Å². The van der Waals surface area contributed by atoms with Gasteiger partial charge in [-0.05, 0) is 0 Å². The van der Waals surface area contributed by atoms with E-state index in [9.17, 15) is 10.2 Å². The number of nitrogen functional groups attached to an aromatic ring is 1. The Labute approximate surface area is 107 Å². The SMILES string of the molecule is NCC1OCC(O)(n2cnc3c(N)ncnc32)C1O. The molecule has 3 unspecified atom stereocenters. The number of hydrogen-bond acceptors (Lipinski definition) is 8. The van der Waals surface area contributed by atoms with Crippen molar-refractivity contribution in [2.75, 3.05) is 18.9 Å². The lowest BCUT2D eigenvalue weighted by atomic mass is 10.1. The minimum atomic E-state index is -1.67. The highest BCUT2D eigenvalue weighted by Gasteiger charge is 2.49. The monoisotopic (exact) mass is 266 g/mol. The second-order valence-electron chi connectivity index (χ2n) is 4.45. The van der Waals surface area contributed by atoms with Gasteiger partial charge in [0.2, 0.25) is 0 Å². The standard InChI is InChI=1S/C10H14N6O3/c11-1-5-7(17)10(18,2-19-5)16-4-15-6-8(12)13-3-14-9(6)16/h3-5,7,17-18H,1-2,11H2,(H2,12,13,14). The fourth-order valence-corrected chi connectivity index (χ4v) is 2.25. The molecule has 1 aliphatic heterocycles. The zero-order valence-electron chi connectivity index (χ0n) is 9.97. The Morgan fingerprint density at radius 2 is 2.26 bits per heavy atom. The molecule has 0 spiro atoms. The summed E-state index contributed by atoms with van der Waals surface area (Å²) in [7, 11) is 0. The van der Waals surface area contributed by atoms with Gasteiger partial charge in [0.1, 0.15) is 24.1 Å². The lowest BCUT2D eigenvalue weighted by molar-refractivity contribution is -0.107. The number of anilines is 1. The lowest BCUT2D eigenvalue weighted by Gasteiger charge is -2.27. The van der Waals surface area contributed by atoms with Crippen LogP contribution in [0.1, 0.15) is 0 Å². The summed E-state index contributed by atoms with van der Waals surface area (Å²) in [4.78, 5) is 11.9. The van der Waals surface area contributed by atoms with Crippen molar-refractivity contribution in [1.29, 1.82) is 0 Å². The van der Waals surface area contributed by atoms with Gasteiger partial charge in [0.15, 0.2) is 17.2 Å². The van der Waals surface area contributed by atoms with Crippen LogP contribution in [0, 0.1) is 0 Å². The first-order valence-corrected chi connectivity index (χ1v) is 5.74. The molecular weight excluding hydrogens is 252 g/mol. The first-order valence-electron chi connectivity index (χ1n) is 5.74. The molecule has 0 saturated carbocycles. The van der Waals surface area contributed by atoms with E-state index in [4.69, 9.17) is 16.2 Å². The van der Waals surface area contributed by atoms with Crippen LogP contribution in [0.2, 0.25) is 0 Å². The number of aliphatic hydroxyl groups excluding tert-OH is 1. The number of aromatic nitrogens is 4. The van der Waals surface area contributed by atoms with E-state index in [1.807, 2.05) is 0 Å². The highest BCUT2D eigenvalue weighted by molar-refractivity contribution is 5.81. The van der Waals surface area contributed by atoms with Gasteiger partial charge in [0.05, 0.1) is 12.9 Å². The molecule has 3 heterocycles. The van der Waals surface area contributed by atoms with Crippen LogP contribution in [0.5, 0.6) is 0 Å². The molecule has 2 aromatic heterocycles. The van der Waals surface area contributed by atoms with Crippen molar-refractivity contribution >= 4 is 17.0 Å². The molecular formula is C10H14N6O3. The van der Waals surface area contributed by atoms with E-state index in [1.54, 1.807) is 0 Å². The number of nitrogens with two attached hydrogens (primary N) is 2. The van der Waals surface area contributed by atoms with Crippen molar-refractivity contribution in [3.8, 4) is 0 Å². The highest BCUT2D eigenvalue weighted by atomic mass is 16.5. The molecule has 0 bridgehead atoms. The Morgan fingerprint density at radius 3 is 2.95 bits per heavy atom. The largest absolute Gasteiger partial charge is 0.385 e. The van der Waals surface area contributed by atoms with Crippen LogP contribution >= 0.6 is 0 Å². The Hall–Kier alpha value is -1.81. The number of ether oxygens (including phenoxy) is 1. The Morgan fingerprint density at radius 1 is 1.47 bits per heavy atom. The maximum Gasteiger partial charge on any atom is 0.197 e. The van der Waals surface area contributed by atoms with Gasteiger partial charge in [-0.1, -0.05) is 0 Å². The fraction of sp³-hybridized carbons (Fsp3) is 0.500. The van der Waals surface area contributed by atoms with Gasteiger partial charge in [0, 0.05) is 6.54 Å². The van der Waals surface area contributed by atoms with Crippen LogP contribution in [0.3, 0.4) is 0 Å². The van der Waals surface area contributed by atoms with Crippen LogP contribution in [0.4, 0.5) is 5.82 Å². The topological polar surface area (TPSA) is 145 Å². The van der Waals surface area contributed by atoms with E-state index >= 15 is 0 Å². The summed E-state index contributed by atoms with van der Waals surface area (Å²) in [6.45, 7) is -0.00136. The second-order valence-corrected chi connectivity index (χ2v) is 4.45. The molecule has 0 aliphatic carbocycles. The van der Waals surface area contributed by atoms with Crippen molar-refractivity contribution < 1.29 is 14.9 Å². The normalized spacial score (nSPS) is 31.1. The van der Waals surface area contributed by atoms with Crippen LogP contribution in [-0.2, 0) is 10.5 Å². The minimum Gasteiger partial charge on any atom is -0.385 e. The summed E-state index contributed by atoms with van der Waals surface area (Å²) in [6, 6.07) is 0. The van der Waals surface area contributed by atoms with Gasteiger partial charge in [-0.2, -0.15) is 0 Å². The summed E-state index contributed by atoms with van der Waals surface area (Å²) >= 11 is 0. The van der Waals surface area contributed by atoms with Crippen molar-refractivity contribution in [2.45, 2.75) is 17.9 Å². The molecule has 6 N–H and O–H groups in total. The van der Waals surface area contributed by atoms with Gasteiger partial charge >= 0.3 is 0 Å². The van der Waals surface area contributed by atoms with Gasteiger partial charge < -0.3 is 26.4 Å². The van der Waals surface area contributed by atoms with E-state index in [0.717, 1.165) is 0 Å². The Balaban J connectivity index is 2.12. The molecule has 3 rings (SSSR count). The number of aliphatic hydroxyl groups is 2. The third-order valence-corrected chi connectivity index (χ3v) is 3.35. The molecule has 0 radical (unpaired) electrons. The highest BCUT2D eigenvalue weighted by Crippen LogP contribution is 2.31. The molecule has 3 atom stereocenters. The molecule has 0 aromatic carbocycles. The maximum atomic E-state index is 10.6. The molecule has 1 aliphatic rings. The van der Waals surface area contributed by atoms with Gasteiger partial charge in [-0.3, -0.25) is 4.57 Å². The lowest BCUT2D eigenvalue weighted by Crippen LogP contribution is -2.47. The Bertz CT molecular complexity index is 616. The molecule has 1 saturated heterocycles. The maximum absolute atomic E-state index is 10.6. The van der Waals surface area contributed by atoms with E-state index in [0.29, 0.717) is 11.2 Å². The van der Waals surface area contributed by atoms with Crippen molar-refractivity contribution in [3.05, 3.63) is 12.7 Å². The minimum absolute atomic E-state index is 0.104. The molecule has 1 fully saturated rings. The number of nitrogens with zero attached hydrogens (tertiary/aromatic N) is 4. The first-order chi connectivity index (χ1) is 9.08. The van der Waals surface area contributed by atoms with Crippen LogP contribution in [-0.4, -0.2) is 55.1 Å². The van der Waals surface area contributed by atoms with Gasteiger partial charge in [0.25, 0.3) is 0 Å². The number of fused-ring (bicyclic) bond motifs is 1. The molecule has 19 heavy (non-hydrogen) atoms. The second kappa shape index (κ2) is 4.10. The fourth-order valence-electron chi connectivity index (χ4n) is 2.25. The zero-order chi connectivity index (χ0) is 13.6. The number of rotatable bonds is 2. The summed E-state index contributed by atoms with van der Waals surface area (Å²) in [5, 5.41) is 20.7. The van der Waals surface area contributed by atoms with E-state index < -0.39 is 17.9 Å². The average Bonchev–Trinajstić information content (AvgIpc) is 2.95. The third kappa shape index (κ3) is 1.60. The average molecular weight is 266 g/mol. The van der Waals surface area contributed by atoms with Crippen LogP contribution < -0.4 is 11.5 Å². The predicted molar refractivity (Wildman–Crippen MR) is 64.7 cm³/mol. The third-order valence-electron chi connectivity index (χ3n) is 3.35. The van der Waals surface area contributed by atoms with Crippen LogP contribution in [0.25, 0.3) is 11.2 Å². The summed E-state index contributed by atoms with van der Waals surface area (Å²) in [6.07, 6.45) is 0.802. The number of hydrogen-bond donors (Lipinski definition) is 4. The summed E-state index contributed by atoms with van der Waals surface area (Å²) in [5.74, 6) is 0.205. The molecule has 0 amide bonds. The molecule has 102 valence electrons. The first kappa shape index (κ1) is 12.2. The van der Waals surface area contributed by atoms with E-state index in [2.05, 4.69) is 15.0 Å². The van der Waals surface area contributed by atoms with E-state index in [-0.39, 0.29) is 19.0 Å². The smallest absolute Gasteiger partial charge is 0.197 e.